The Morgan fingerprint density at radius 2 is 2.03 bits per heavy atom. The fourth-order valence-electron chi connectivity index (χ4n) is 3.77. The van der Waals surface area contributed by atoms with Crippen LogP contribution in [-0.2, 0) is 10.0 Å². The minimum atomic E-state index is -3.44. The molecule has 4 rings (SSSR count). The highest BCUT2D eigenvalue weighted by atomic mass is 32.2. The minimum Gasteiger partial charge on any atom is -0.354 e. The van der Waals surface area contributed by atoms with Gasteiger partial charge in [0.2, 0.25) is 10.0 Å². The van der Waals surface area contributed by atoms with Gasteiger partial charge in [-0.15, -0.1) is 0 Å². The van der Waals surface area contributed by atoms with Crippen molar-refractivity contribution in [3.8, 4) is 5.69 Å². The molecular weight excluding hydrogens is 402 g/mol. The van der Waals surface area contributed by atoms with E-state index in [1.807, 2.05) is 32.0 Å². The van der Waals surface area contributed by atoms with E-state index in [0.29, 0.717) is 40.4 Å². The van der Waals surface area contributed by atoms with E-state index in [9.17, 15) is 13.2 Å². The van der Waals surface area contributed by atoms with Crippen LogP contribution >= 0.6 is 0 Å². The van der Waals surface area contributed by atoms with Crippen LogP contribution in [-0.4, -0.2) is 48.9 Å². The summed E-state index contributed by atoms with van der Waals surface area (Å²) in [5, 5.41) is 8.05. The molecule has 0 radical (unpaired) electrons. The number of fused-ring (bicyclic) bond motifs is 1. The number of nitrogens with zero attached hydrogens (tertiary/aromatic N) is 4. The Labute approximate surface area is 176 Å². The van der Waals surface area contributed by atoms with E-state index in [-0.39, 0.29) is 5.91 Å². The molecule has 30 heavy (non-hydrogen) atoms. The summed E-state index contributed by atoms with van der Waals surface area (Å²) in [5.41, 5.74) is 4.10. The topological polar surface area (TPSA) is 97.2 Å². The van der Waals surface area contributed by atoms with Crippen molar-refractivity contribution >= 4 is 32.5 Å². The molecule has 3 aromatic rings. The van der Waals surface area contributed by atoms with Crippen LogP contribution in [0.3, 0.4) is 0 Å². The number of anilines is 1. The average Bonchev–Trinajstić information content (AvgIpc) is 3.47. The van der Waals surface area contributed by atoms with Crippen molar-refractivity contribution in [2.45, 2.75) is 32.6 Å². The maximum Gasteiger partial charge on any atom is 0.270 e. The van der Waals surface area contributed by atoms with Crippen LogP contribution in [0, 0.1) is 6.92 Å². The third kappa shape index (κ3) is 3.54. The van der Waals surface area contributed by atoms with Crippen LogP contribution < -0.4 is 9.62 Å². The molecule has 0 bridgehead atoms. The molecule has 0 aliphatic heterocycles. The lowest BCUT2D eigenvalue weighted by molar-refractivity contribution is 0.0957. The van der Waals surface area contributed by atoms with Crippen molar-refractivity contribution in [2.75, 3.05) is 24.2 Å². The monoisotopic (exact) mass is 427 g/mol. The van der Waals surface area contributed by atoms with Crippen LogP contribution in [0.15, 0.2) is 30.5 Å². The van der Waals surface area contributed by atoms with Gasteiger partial charge in [0.05, 0.1) is 29.3 Å². The molecule has 1 aliphatic rings. The molecule has 8 nitrogen and oxygen atoms in total. The van der Waals surface area contributed by atoms with Crippen LogP contribution in [0.5, 0.6) is 0 Å². The number of carbonyl (C=O) groups excluding carboxylic acids is 1. The first-order chi connectivity index (χ1) is 14.2. The number of aromatic nitrogens is 3. The number of pyridine rings is 1. The Kier molecular flexibility index (Phi) is 5.01. The maximum absolute atomic E-state index is 12.8. The van der Waals surface area contributed by atoms with Crippen molar-refractivity contribution in [3.05, 3.63) is 47.4 Å². The molecule has 2 aromatic heterocycles. The minimum absolute atomic E-state index is 0.261. The van der Waals surface area contributed by atoms with Gasteiger partial charge in [-0.2, -0.15) is 5.10 Å². The lowest BCUT2D eigenvalue weighted by Crippen LogP contribution is -2.30. The normalized spacial score (nSPS) is 14.1. The number of hydrogen-bond acceptors (Lipinski definition) is 5. The summed E-state index contributed by atoms with van der Waals surface area (Å²) in [6.07, 6.45) is 4.89. The average molecular weight is 428 g/mol. The highest BCUT2D eigenvalue weighted by molar-refractivity contribution is 7.92. The van der Waals surface area contributed by atoms with Crippen molar-refractivity contribution in [2.24, 2.45) is 0 Å². The standard InChI is InChI=1S/C21H25N5O3S/c1-5-25(30(4,28)29)19-11-18-17(10-16(19)14-7-8-14)20(21(27)22-3)26(24-18)15-9-6-13(2)23-12-15/h6,9-12,14H,5,7-8H2,1-4H3,(H,22,27). The molecule has 158 valence electrons. The Bertz CT molecular complexity index is 1230. The largest absolute Gasteiger partial charge is 0.354 e. The Morgan fingerprint density at radius 3 is 2.57 bits per heavy atom. The van der Waals surface area contributed by atoms with Gasteiger partial charge in [-0.1, -0.05) is 0 Å². The van der Waals surface area contributed by atoms with Crippen LogP contribution in [0.1, 0.15) is 47.4 Å². The molecule has 1 N–H and O–H groups in total. The van der Waals surface area contributed by atoms with Crippen LogP contribution in [0.2, 0.25) is 0 Å². The second-order valence-electron chi connectivity index (χ2n) is 7.63. The summed E-state index contributed by atoms with van der Waals surface area (Å²) in [7, 11) is -1.86. The second-order valence-corrected chi connectivity index (χ2v) is 9.53. The van der Waals surface area contributed by atoms with E-state index in [4.69, 9.17) is 0 Å². The maximum atomic E-state index is 12.8. The Hall–Kier alpha value is -2.94. The number of rotatable bonds is 6. The quantitative estimate of drug-likeness (QED) is 0.652. The summed E-state index contributed by atoms with van der Waals surface area (Å²) in [5.74, 6) is 0.0326. The molecule has 1 amide bonds. The highest BCUT2D eigenvalue weighted by Crippen LogP contribution is 2.46. The molecule has 9 heteroatoms. The molecule has 1 aromatic carbocycles. The van der Waals surface area contributed by atoms with E-state index in [2.05, 4.69) is 15.4 Å². The van der Waals surface area contributed by atoms with E-state index < -0.39 is 10.0 Å². The number of benzene rings is 1. The van der Waals surface area contributed by atoms with E-state index in [0.717, 1.165) is 24.1 Å². The number of carbonyl (C=O) groups is 1. The first kappa shape index (κ1) is 20.3. The molecule has 0 atom stereocenters. The van der Waals surface area contributed by atoms with Crippen molar-refractivity contribution in [1.82, 2.24) is 20.1 Å². The van der Waals surface area contributed by atoms with Gasteiger partial charge in [0, 0.05) is 24.7 Å². The Balaban J connectivity index is 2.01. The summed E-state index contributed by atoms with van der Waals surface area (Å²) < 4.78 is 27.8. The molecular formula is C21H25N5O3S. The number of hydrogen-bond donors (Lipinski definition) is 1. The summed E-state index contributed by atoms with van der Waals surface area (Å²) in [6, 6.07) is 7.45. The fourth-order valence-corrected chi connectivity index (χ4v) is 4.75. The van der Waals surface area contributed by atoms with Gasteiger partial charge in [0.15, 0.2) is 0 Å². The highest BCUT2D eigenvalue weighted by Gasteiger charge is 2.32. The van der Waals surface area contributed by atoms with Crippen molar-refractivity contribution in [1.29, 1.82) is 0 Å². The summed E-state index contributed by atoms with van der Waals surface area (Å²) in [4.78, 5) is 17.1. The summed E-state index contributed by atoms with van der Waals surface area (Å²) >= 11 is 0. The zero-order chi connectivity index (χ0) is 21.6. The first-order valence-electron chi connectivity index (χ1n) is 9.94. The number of sulfonamides is 1. The third-order valence-corrected chi connectivity index (χ3v) is 6.63. The molecule has 1 aliphatic carbocycles. The molecule has 2 heterocycles. The van der Waals surface area contributed by atoms with Gasteiger partial charge in [-0.05, 0) is 62.4 Å². The SMILES string of the molecule is CCN(c1cc2nn(-c3ccc(C)nc3)c(C(=O)NC)c2cc1C1CC1)S(C)(=O)=O. The molecule has 1 fully saturated rings. The number of nitrogens with one attached hydrogen (secondary N) is 1. The van der Waals surface area contributed by atoms with Gasteiger partial charge < -0.3 is 5.32 Å². The van der Waals surface area contributed by atoms with Crippen LogP contribution in [0.25, 0.3) is 16.6 Å². The fraction of sp³-hybridized carbons (Fsp3) is 0.381. The lowest BCUT2D eigenvalue weighted by atomic mass is 10.0. The van der Waals surface area contributed by atoms with Gasteiger partial charge in [-0.25, -0.2) is 13.1 Å². The van der Waals surface area contributed by atoms with Gasteiger partial charge >= 0.3 is 0 Å². The molecule has 0 saturated heterocycles. The van der Waals surface area contributed by atoms with Crippen molar-refractivity contribution < 1.29 is 13.2 Å². The van der Waals surface area contributed by atoms with E-state index in [1.54, 1.807) is 24.0 Å². The predicted molar refractivity (Wildman–Crippen MR) is 117 cm³/mol. The first-order valence-corrected chi connectivity index (χ1v) is 11.8. The smallest absolute Gasteiger partial charge is 0.270 e. The lowest BCUT2D eigenvalue weighted by Gasteiger charge is -2.23. The number of amides is 1. The molecule has 1 saturated carbocycles. The molecule has 0 unspecified atom stereocenters. The number of aryl methyl sites for hydroxylation is 1. The van der Waals surface area contributed by atoms with E-state index >= 15 is 0 Å². The van der Waals surface area contributed by atoms with Gasteiger partial charge in [0.1, 0.15) is 5.69 Å². The second kappa shape index (κ2) is 7.39. The third-order valence-electron chi connectivity index (χ3n) is 5.38. The van der Waals surface area contributed by atoms with Crippen LogP contribution in [0.4, 0.5) is 5.69 Å². The zero-order valence-corrected chi connectivity index (χ0v) is 18.3. The van der Waals surface area contributed by atoms with Gasteiger partial charge in [0.25, 0.3) is 5.91 Å². The zero-order valence-electron chi connectivity index (χ0n) is 17.5. The van der Waals surface area contributed by atoms with Gasteiger partial charge in [-0.3, -0.25) is 14.1 Å². The van der Waals surface area contributed by atoms with E-state index in [1.165, 1.54) is 10.6 Å². The Morgan fingerprint density at radius 1 is 1.30 bits per heavy atom. The molecule has 0 spiro atoms. The summed E-state index contributed by atoms with van der Waals surface area (Å²) in [6.45, 7) is 4.03. The predicted octanol–water partition coefficient (Wildman–Crippen LogP) is 2.75. The van der Waals surface area contributed by atoms with Crippen molar-refractivity contribution in [3.63, 3.8) is 0 Å².